The molecule has 0 bridgehead atoms. The number of nitrogens with one attached hydrogen (secondary N) is 2. The van der Waals surface area contributed by atoms with Gasteiger partial charge in [0.15, 0.2) is 5.69 Å². The number of unbranched alkanes of at least 4 members (excludes halogenated alkanes) is 1. The van der Waals surface area contributed by atoms with Gasteiger partial charge in [-0.3, -0.25) is 19.1 Å². The Morgan fingerprint density at radius 1 is 1.06 bits per heavy atom. The van der Waals surface area contributed by atoms with E-state index >= 15 is 0 Å². The molecule has 2 fully saturated rings. The molecule has 2 saturated carbocycles. The number of carbonyl (C=O) groups excluding carboxylic acids is 1. The zero-order valence-electron chi connectivity index (χ0n) is 19.0. The molecule has 0 unspecified atom stereocenters. The van der Waals surface area contributed by atoms with Gasteiger partial charge in [-0.2, -0.15) is 0 Å². The van der Waals surface area contributed by atoms with Crippen molar-refractivity contribution in [3.63, 3.8) is 0 Å². The van der Waals surface area contributed by atoms with Crippen LogP contribution in [-0.2, 0) is 11.3 Å². The van der Waals surface area contributed by atoms with Gasteiger partial charge in [-0.05, 0) is 32.1 Å². The maximum absolute atomic E-state index is 13.4. The van der Waals surface area contributed by atoms with Crippen molar-refractivity contribution in [2.24, 2.45) is 0 Å². The standard InChI is InChI=1S/C23H39N5O3/c1-2-3-15-27-21(24)20(22(30)26-23(27)31)28(18-13-9-10-14-18)19(29)16-25-17-11-7-5-4-6-8-12-17/h17-18,25H,2-16,24H2,1H3,(H,26,30,31). The van der Waals surface area contributed by atoms with E-state index in [1.54, 1.807) is 4.90 Å². The third-order valence-electron chi connectivity index (χ3n) is 6.80. The lowest BCUT2D eigenvalue weighted by Crippen LogP contribution is -2.49. The molecule has 0 radical (unpaired) electrons. The van der Waals surface area contributed by atoms with Crippen LogP contribution in [0.1, 0.15) is 90.4 Å². The van der Waals surface area contributed by atoms with E-state index in [9.17, 15) is 14.4 Å². The Morgan fingerprint density at radius 3 is 2.32 bits per heavy atom. The minimum Gasteiger partial charge on any atom is -0.383 e. The van der Waals surface area contributed by atoms with Crippen LogP contribution in [0.2, 0.25) is 0 Å². The first-order valence-corrected chi connectivity index (χ1v) is 12.2. The normalized spacial score (nSPS) is 18.6. The number of nitrogens with zero attached hydrogens (tertiary/aromatic N) is 2. The fourth-order valence-electron chi connectivity index (χ4n) is 5.00. The number of rotatable bonds is 8. The summed E-state index contributed by atoms with van der Waals surface area (Å²) in [6.45, 7) is 2.65. The highest BCUT2D eigenvalue weighted by molar-refractivity contribution is 5.97. The van der Waals surface area contributed by atoms with Crippen LogP contribution in [-0.4, -0.2) is 34.1 Å². The number of aromatic nitrogens is 2. The van der Waals surface area contributed by atoms with Gasteiger partial charge in [0.1, 0.15) is 5.82 Å². The van der Waals surface area contributed by atoms with Crippen molar-refractivity contribution < 1.29 is 4.79 Å². The zero-order valence-corrected chi connectivity index (χ0v) is 19.0. The van der Waals surface area contributed by atoms with Crippen LogP contribution in [0, 0.1) is 0 Å². The van der Waals surface area contributed by atoms with Crippen molar-refractivity contribution in [2.45, 2.75) is 109 Å². The maximum atomic E-state index is 13.4. The smallest absolute Gasteiger partial charge is 0.330 e. The minimum absolute atomic E-state index is 0.0489. The van der Waals surface area contributed by atoms with E-state index in [0.29, 0.717) is 12.6 Å². The van der Waals surface area contributed by atoms with Crippen LogP contribution in [0.25, 0.3) is 0 Å². The molecule has 0 aromatic carbocycles. The Morgan fingerprint density at radius 2 is 1.68 bits per heavy atom. The Kier molecular flexibility index (Phi) is 8.75. The van der Waals surface area contributed by atoms with Gasteiger partial charge < -0.3 is 16.0 Å². The van der Waals surface area contributed by atoms with Crippen LogP contribution in [0.3, 0.4) is 0 Å². The van der Waals surface area contributed by atoms with Crippen LogP contribution in [0.5, 0.6) is 0 Å². The van der Waals surface area contributed by atoms with Crippen molar-refractivity contribution in [1.29, 1.82) is 0 Å². The van der Waals surface area contributed by atoms with Crippen LogP contribution in [0.4, 0.5) is 11.5 Å². The Labute approximate surface area is 184 Å². The lowest BCUT2D eigenvalue weighted by atomic mass is 9.97. The van der Waals surface area contributed by atoms with E-state index in [-0.39, 0.29) is 30.0 Å². The first kappa shape index (κ1) is 23.6. The molecule has 0 aliphatic heterocycles. The van der Waals surface area contributed by atoms with Crippen molar-refractivity contribution in [3.8, 4) is 0 Å². The van der Waals surface area contributed by atoms with E-state index < -0.39 is 11.2 Å². The monoisotopic (exact) mass is 433 g/mol. The summed E-state index contributed by atoms with van der Waals surface area (Å²) < 4.78 is 1.40. The molecular formula is C23H39N5O3. The molecule has 8 nitrogen and oxygen atoms in total. The lowest BCUT2D eigenvalue weighted by molar-refractivity contribution is -0.118. The molecular weight excluding hydrogens is 394 g/mol. The number of carbonyl (C=O) groups is 1. The Balaban J connectivity index is 1.84. The van der Waals surface area contributed by atoms with Crippen LogP contribution in [0.15, 0.2) is 9.59 Å². The highest BCUT2D eigenvalue weighted by Gasteiger charge is 2.32. The number of anilines is 2. The quantitative estimate of drug-likeness (QED) is 0.583. The van der Waals surface area contributed by atoms with Gasteiger partial charge >= 0.3 is 5.69 Å². The Hall–Kier alpha value is -2.09. The third kappa shape index (κ3) is 5.99. The fourth-order valence-corrected chi connectivity index (χ4v) is 5.00. The molecule has 8 heteroatoms. The predicted molar refractivity (Wildman–Crippen MR) is 124 cm³/mol. The van der Waals surface area contributed by atoms with Crippen LogP contribution < -0.4 is 27.2 Å². The number of aromatic amines is 1. The number of nitrogens with two attached hydrogens (primary N) is 1. The SMILES string of the molecule is CCCCn1c(N)c(N(C(=O)CNC2CCCCCCC2)C2CCCC2)c(=O)[nH]c1=O. The number of nitrogen functional groups attached to an aromatic ring is 1. The molecule has 31 heavy (non-hydrogen) atoms. The Bertz CT molecular complexity index is 833. The first-order chi connectivity index (χ1) is 15.0. The molecule has 1 aromatic rings. The van der Waals surface area contributed by atoms with Gasteiger partial charge in [0.25, 0.3) is 5.56 Å². The van der Waals surface area contributed by atoms with Gasteiger partial charge in [-0.25, -0.2) is 4.79 Å². The summed E-state index contributed by atoms with van der Waals surface area (Å²) in [5.41, 5.74) is 5.41. The number of H-pyrrole nitrogens is 1. The van der Waals surface area contributed by atoms with Gasteiger partial charge in [0, 0.05) is 18.6 Å². The van der Waals surface area contributed by atoms with Crippen molar-refractivity contribution in [3.05, 3.63) is 20.8 Å². The van der Waals surface area contributed by atoms with Gasteiger partial charge in [-0.1, -0.05) is 58.3 Å². The van der Waals surface area contributed by atoms with Crippen LogP contribution >= 0.6 is 0 Å². The highest BCUT2D eigenvalue weighted by Crippen LogP contribution is 2.29. The van der Waals surface area contributed by atoms with Gasteiger partial charge in [-0.15, -0.1) is 0 Å². The summed E-state index contributed by atoms with van der Waals surface area (Å²) in [5, 5.41) is 3.45. The molecule has 174 valence electrons. The van der Waals surface area contributed by atoms with E-state index in [1.807, 2.05) is 6.92 Å². The molecule has 2 aliphatic rings. The number of hydrogen-bond acceptors (Lipinski definition) is 5. The first-order valence-electron chi connectivity index (χ1n) is 12.2. The molecule has 0 saturated heterocycles. The average Bonchev–Trinajstić information content (AvgIpc) is 3.24. The van der Waals surface area contributed by atoms with E-state index in [4.69, 9.17) is 5.73 Å². The number of hydrogen-bond donors (Lipinski definition) is 3. The average molecular weight is 434 g/mol. The van der Waals surface area contributed by atoms with Crippen molar-refractivity contribution in [1.82, 2.24) is 14.9 Å². The summed E-state index contributed by atoms with van der Waals surface area (Å²) in [5.74, 6) is -0.0275. The molecule has 1 heterocycles. The van der Waals surface area contributed by atoms with E-state index in [1.165, 1.54) is 36.7 Å². The van der Waals surface area contributed by atoms with Gasteiger partial charge in [0.05, 0.1) is 6.54 Å². The second kappa shape index (κ2) is 11.5. The maximum Gasteiger partial charge on any atom is 0.330 e. The largest absolute Gasteiger partial charge is 0.383 e. The van der Waals surface area contributed by atoms with Gasteiger partial charge in [0.2, 0.25) is 5.91 Å². The topological polar surface area (TPSA) is 113 Å². The third-order valence-corrected chi connectivity index (χ3v) is 6.80. The summed E-state index contributed by atoms with van der Waals surface area (Å²) in [4.78, 5) is 42.6. The number of amides is 1. The zero-order chi connectivity index (χ0) is 22.2. The second-order valence-electron chi connectivity index (χ2n) is 9.12. The summed E-state index contributed by atoms with van der Waals surface area (Å²) in [7, 11) is 0. The molecule has 4 N–H and O–H groups in total. The van der Waals surface area contributed by atoms with E-state index in [0.717, 1.165) is 51.4 Å². The summed E-state index contributed by atoms with van der Waals surface area (Å²) in [6.07, 6.45) is 13.8. The molecule has 3 rings (SSSR count). The fraction of sp³-hybridized carbons (Fsp3) is 0.783. The van der Waals surface area contributed by atoms with Crippen molar-refractivity contribution >= 4 is 17.4 Å². The summed E-state index contributed by atoms with van der Waals surface area (Å²) in [6, 6.07) is 0.288. The molecule has 1 amide bonds. The molecule has 1 aromatic heterocycles. The minimum atomic E-state index is -0.568. The highest BCUT2D eigenvalue weighted by atomic mass is 16.2. The second-order valence-corrected chi connectivity index (χ2v) is 9.12. The van der Waals surface area contributed by atoms with Crippen molar-refractivity contribution in [2.75, 3.05) is 17.2 Å². The lowest BCUT2D eigenvalue weighted by Gasteiger charge is -2.31. The molecule has 0 atom stereocenters. The predicted octanol–water partition coefficient (Wildman–Crippen LogP) is 2.90. The summed E-state index contributed by atoms with van der Waals surface area (Å²) >= 11 is 0. The molecule has 0 spiro atoms. The molecule has 2 aliphatic carbocycles. The van der Waals surface area contributed by atoms with E-state index in [2.05, 4.69) is 10.3 Å².